The normalized spacial score (nSPS) is 10.9. The molecule has 3 N–H and O–H groups in total. The molecular weight excluding hydrogens is 274 g/mol. The first kappa shape index (κ1) is 12.7. The van der Waals surface area contributed by atoms with E-state index in [1.165, 1.54) is 0 Å². The second-order valence-corrected chi connectivity index (χ2v) is 5.13. The van der Waals surface area contributed by atoms with Crippen molar-refractivity contribution in [3.63, 3.8) is 0 Å². The standard InChI is InChI=1S/C14H14ClN5/c1-20(2)11-7-6-10-13(18-11)19-14(17-10)12-8(15)4-3-5-9(12)16/h3-7H,16H2,1-2H3,(H,17,18,19). The van der Waals surface area contributed by atoms with Crippen LogP contribution in [0.1, 0.15) is 0 Å². The number of nitrogen functional groups attached to an aromatic ring is 1. The highest BCUT2D eigenvalue weighted by Gasteiger charge is 2.13. The number of anilines is 2. The van der Waals surface area contributed by atoms with Gasteiger partial charge in [0.25, 0.3) is 0 Å². The lowest BCUT2D eigenvalue weighted by molar-refractivity contribution is 1.08. The maximum atomic E-state index is 6.20. The van der Waals surface area contributed by atoms with Crippen LogP contribution in [-0.4, -0.2) is 29.0 Å². The summed E-state index contributed by atoms with van der Waals surface area (Å²) in [6, 6.07) is 9.28. The summed E-state index contributed by atoms with van der Waals surface area (Å²) < 4.78 is 0. The minimum Gasteiger partial charge on any atom is -0.398 e. The Kier molecular flexibility index (Phi) is 2.99. The zero-order valence-corrected chi connectivity index (χ0v) is 11.9. The van der Waals surface area contributed by atoms with Crippen molar-refractivity contribution in [2.45, 2.75) is 0 Å². The molecule has 0 radical (unpaired) electrons. The van der Waals surface area contributed by atoms with Crippen molar-refractivity contribution in [3.8, 4) is 11.4 Å². The summed E-state index contributed by atoms with van der Waals surface area (Å²) in [6.45, 7) is 0. The van der Waals surface area contributed by atoms with Gasteiger partial charge in [-0.3, -0.25) is 0 Å². The van der Waals surface area contributed by atoms with Gasteiger partial charge in [-0.05, 0) is 24.3 Å². The largest absolute Gasteiger partial charge is 0.398 e. The topological polar surface area (TPSA) is 70.8 Å². The molecule has 2 aromatic heterocycles. The average Bonchev–Trinajstić information content (AvgIpc) is 2.80. The number of halogens is 1. The van der Waals surface area contributed by atoms with E-state index in [-0.39, 0.29) is 0 Å². The molecule has 2 heterocycles. The molecule has 0 bridgehead atoms. The van der Waals surface area contributed by atoms with E-state index in [0.29, 0.717) is 27.7 Å². The number of aromatic nitrogens is 3. The van der Waals surface area contributed by atoms with E-state index < -0.39 is 0 Å². The molecule has 0 atom stereocenters. The van der Waals surface area contributed by atoms with E-state index in [4.69, 9.17) is 17.3 Å². The minimum absolute atomic E-state index is 0.567. The van der Waals surface area contributed by atoms with Crippen LogP contribution < -0.4 is 10.6 Å². The number of nitrogens with one attached hydrogen (secondary N) is 1. The van der Waals surface area contributed by atoms with E-state index in [1.54, 1.807) is 12.1 Å². The second-order valence-electron chi connectivity index (χ2n) is 4.72. The van der Waals surface area contributed by atoms with Crippen molar-refractivity contribution < 1.29 is 0 Å². The highest BCUT2D eigenvalue weighted by atomic mass is 35.5. The van der Waals surface area contributed by atoms with E-state index in [2.05, 4.69) is 15.0 Å². The fourth-order valence-corrected chi connectivity index (χ4v) is 2.31. The second kappa shape index (κ2) is 4.68. The molecule has 0 amide bonds. The molecule has 20 heavy (non-hydrogen) atoms. The highest BCUT2D eigenvalue weighted by Crippen LogP contribution is 2.32. The predicted molar refractivity (Wildman–Crippen MR) is 83.1 cm³/mol. The Hall–Kier alpha value is -2.27. The molecular formula is C14H14ClN5. The fourth-order valence-electron chi connectivity index (χ4n) is 2.04. The lowest BCUT2D eigenvalue weighted by Gasteiger charge is -2.09. The van der Waals surface area contributed by atoms with Crippen LogP contribution in [0.3, 0.4) is 0 Å². The van der Waals surface area contributed by atoms with Crippen molar-refractivity contribution >= 4 is 34.3 Å². The summed E-state index contributed by atoms with van der Waals surface area (Å²) in [5.41, 5.74) is 8.77. The SMILES string of the molecule is CN(C)c1ccc2[nH]c(-c3c(N)cccc3Cl)nc2n1. The highest BCUT2D eigenvalue weighted by molar-refractivity contribution is 6.33. The summed E-state index contributed by atoms with van der Waals surface area (Å²) in [6.07, 6.45) is 0. The van der Waals surface area contributed by atoms with Crippen molar-refractivity contribution in [2.75, 3.05) is 24.7 Å². The van der Waals surface area contributed by atoms with Crippen LogP contribution in [-0.2, 0) is 0 Å². The smallest absolute Gasteiger partial charge is 0.180 e. The van der Waals surface area contributed by atoms with Gasteiger partial charge in [-0.2, -0.15) is 0 Å². The maximum absolute atomic E-state index is 6.20. The molecule has 0 unspecified atom stereocenters. The Bertz CT molecular complexity index is 758. The van der Waals surface area contributed by atoms with Gasteiger partial charge in [0, 0.05) is 19.8 Å². The first-order chi connectivity index (χ1) is 9.56. The molecule has 0 aliphatic rings. The molecule has 0 fully saturated rings. The zero-order chi connectivity index (χ0) is 14.3. The Morgan fingerprint density at radius 1 is 1.15 bits per heavy atom. The average molecular weight is 288 g/mol. The van der Waals surface area contributed by atoms with E-state index in [0.717, 1.165) is 11.3 Å². The molecule has 3 aromatic rings. The number of hydrogen-bond donors (Lipinski definition) is 2. The number of imidazole rings is 1. The van der Waals surface area contributed by atoms with Crippen LogP contribution in [0.25, 0.3) is 22.6 Å². The van der Waals surface area contributed by atoms with Crippen molar-refractivity contribution in [2.24, 2.45) is 0 Å². The van der Waals surface area contributed by atoms with Gasteiger partial charge in [-0.25, -0.2) is 9.97 Å². The van der Waals surface area contributed by atoms with Crippen LogP contribution in [0, 0.1) is 0 Å². The Labute approximate surface area is 121 Å². The van der Waals surface area contributed by atoms with Gasteiger partial charge in [0.2, 0.25) is 0 Å². The maximum Gasteiger partial charge on any atom is 0.180 e. The Morgan fingerprint density at radius 2 is 1.95 bits per heavy atom. The van der Waals surface area contributed by atoms with Crippen LogP contribution in [0.2, 0.25) is 5.02 Å². The van der Waals surface area contributed by atoms with E-state index in [9.17, 15) is 0 Å². The lowest BCUT2D eigenvalue weighted by atomic mass is 10.2. The molecule has 3 rings (SSSR count). The number of fused-ring (bicyclic) bond motifs is 1. The van der Waals surface area contributed by atoms with Crippen molar-refractivity contribution in [3.05, 3.63) is 35.4 Å². The monoisotopic (exact) mass is 287 g/mol. The zero-order valence-electron chi connectivity index (χ0n) is 11.2. The van der Waals surface area contributed by atoms with Crippen LogP contribution >= 0.6 is 11.6 Å². The predicted octanol–water partition coefficient (Wildman–Crippen LogP) is 2.93. The molecule has 0 saturated heterocycles. The summed E-state index contributed by atoms with van der Waals surface area (Å²) in [5.74, 6) is 1.48. The summed E-state index contributed by atoms with van der Waals surface area (Å²) in [5, 5.41) is 0.567. The van der Waals surface area contributed by atoms with E-state index >= 15 is 0 Å². The molecule has 0 spiro atoms. The number of pyridine rings is 1. The van der Waals surface area contributed by atoms with Crippen molar-refractivity contribution in [1.82, 2.24) is 15.0 Å². The van der Waals surface area contributed by atoms with E-state index in [1.807, 2.05) is 37.2 Å². The first-order valence-electron chi connectivity index (χ1n) is 6.14. The molecule has 5 nitrogen and oxygen atoms in total. The number of aromatic amines is 1. The Morgan fingerprint density at radius 3 is 2.65 bits per heavy atom. The summed E-state index contributed by atoms with van der Waals surface area (Å²) in [4.78, 5) is 14.1. The molecule has 1 aromatic carbocycles. The quantitative estimate of drug-likeness (QED) is 0.711. The number of nitrogens with zero attached hydrogens (tertiary/aromatic N) is 3. The van der Waals surface area contributed by atoms with Crippen molar-refractivity contribution in [1.29, 1.82) is 0 Å². The third-order valence-electron chi connectivity index (χ3n) is 3.07. The summed E-state index contributed by atoms with van der Waals surface area (Å²) in [7, 11) is 3.88. The van der Waals surface area contributed by atoms with Crippen LogP contribution in [0.5, 0.6) is 0 Å². The number of nitrogens with two attached hydrogens (primary N) is 1. The Balaban J connectivity index is 2.18. The molecule has 0 saturated carbocycles. The van der Waals surface area contributed by atoms with Gasteiger partial charge in [0.15, 0.2) is 5.65 Å². The number of benzene rings is 1. The van der Waals surface area contributed by atoms with Gasteiger partial charge >= 0.3 is 0 Å². The molecule has 102 valence electrons. The number of rotatable bonds is 2. The minimum atomic E-state index is 0.567. The number of hydrogen-bond acceptors (Lipinski definition) is 4. The number of H-pyrrole nitrogens is 1. The lowest BCUT2D eigenvalue weighted by Crippen LogP contribution is -2.10. The van der Waals surface area contributed by atoms with Crippen LogP contribution in [0.15, 0.2) is 30.3 Å². The third-order valence-corrected chi connectivity index (χ3v) is 3.39. The van der Waals surface area contributed by atoms with Gasteiger partial charge in [0.1, 0.15) is 11.6 Å². The molecule has 0 aliphatic carbocycles. The van der Waals surface area contributed by atoms with Crippen LogP contribution in [0.4, 0.5) is 11.5 Å². The summed E-state index contributed by atoms with van der Waals surface area (Å²) >= 11 is 6.20. The fraction of sp³-hybridized carbons (Fsp3) is 0.143. The van der Waals surface area contributed by atoms with Gasteiger partial charge < -0.3 is 15.6 Å². The molecule has 6 heteroatoms. The third kappa shape index (κ3) is 2.06. The first-order valence-corrected chi connectivity index (χ1v) is 6.52. The van der Waals surface area contributed by atoms with Gasteiger partial charge in [-0.15, -0.1) is 0 Å². The van der Waals surface area contributed by atoms with Gasteiger partial charge in [0.05, 0.1) is 16.1 Å². The van der Waals surface area contributed by atoms with Gasteiger partial charge in [-0.1, -0.05) is 17.7 Å². The molecule has 0 aliphatic heterocycles.